The van der Waals surface area contributed by atoms with E-state index in [-0.39, 0.29) is 5.91 Å². The van der Waals surface area contributed by atoms with Crippen LogP contribution in [0.25, 0.3) is 0 Å². The van der Waals surface area contributed by atoms with Gasteiger partial charge in [0.1, 0.15) is 11.5 Å². The number of amides is 1. The zero-order chi connectivity index (χ0) is 13.7. The van der Waals surface area contributed by atoms with Gasteiger partial charge in [0.05, 0.1) is 23.9 Å². The van der Waals surface area contributed by atoms with Gasteiger partial charge < -0.3 is 10.6 Å². The minimum absolute atomic E-state index is 0.235. The molecule has 0 radical (unpaired) electrons. The Morgan fingerprint density at radius 2 is 2.11 bits per heavy atom. The Labute approximate surface area is 115 Å². The Hall–Kier alpha value is -2.02. The van der Waals surface area contributed by atoms with E-state index in [0.29, 0.717) is 18.1 Å². The smallest absolute Gasteiger partial charge is 0.271 e. The summed E-state index contributed by atoms with van der Waals surface area (Å²) in [7, 11) is 0. The van der Waals surface area contributed by atoms with Crippen molar-refractivity contribution in [3.05, 3.63) is 34.2 Å². The van der Waals surface area contributed by atoms with Gasteiger partial charge in [0.15, 0.2) is 0 Å². The fourth-order valence-electron chi connectivity index (χ4n) is 1.46. The molecule has 0 aromatic carbocycles. The Kier molecular flexibility index (Phi) is 4.40. The lowest BCUT2D eigenvalue weighted by Crippen LogP contribution is -2.23. The molecule has 6 nitrogen and oxygen atoms in total. The van der Waals surface area contributed by atoms with Gasteiger partial charge in [-0.15, -0.1) is 11.3 Å². The molecule has 19 heavy (non-hydrogen) atoms. The van der Waals surface area contributed by atoms with Crippen LogP contribution < -0.4 is 10.6 Å². The van der Waals surface area contributed by atoms with E-state index in [1.54, 1.807) is 23.7 Å². The Balaban J connectivity index is 1.92. The first-order valence-corrected chi connectivity index (χ1v) is 6.76. The third-order valence-electron chi connectivity index (χ3n) is 2.33. The van der Waals surface area contributed by atoms with E-state index in [0.717, 1.165) is 16.4 Å². The molecule has 2 heterocycles. The quantitative estimate of drug-likeness (QED) is 0.868. The molecular weight excluding hydrogens is 262 g/mol. The SMILES string of the molecule is CCNc1cnc(C(=O)NCc2cnc(C)s2)cn1. The fraction of sp³-hybridized carbons (Fsp3) is 0.333. The van der Waals surface area contributed by atoms with Crippen LogP contribution in [0.5, 0.6) is 0 Å². The van der Waals surface area contributed by atoms with E-state index in [1.807, 2.05) is 13.8 Å². The fourth-order valence-corrected chi connectivity index (χ4v) is 2.20. The summed E-state index contributed by atoms with van der Waals surface area (Å²) in [5.74, 6) is 0.429. The Morgan fingerprint density at radius 1 is 1.26 bits per heavy atom. The number of anilines is 1. The highest BCUT2D eigenvalue weighted by Gasteiger charge is 2.08. The molecule has 0 bridgehead atoms. The van der Waals surface area contributed by atoms with E-state index in [4.69, 9.17) is 0 Å². The molecule has 0 aliphatic carbocycles. The molecule has 7 heteroatoms. The highest BCUT2D eigenvalue weighted by Crippen LogP contribution is 2.11. The zero-order valence-electron chi connectivity index (χ0n) is 10.8. The molecule has 0 spiro atoms. The Morgan fingerprint density at radius 3 is 2.68 bits per heavy atom. The van der Waals surface area contributed by atoms with Crippen molar-refractivity contribution in [2.45, 2.75) is 20.4 Å². The van der Waals surface area contributed by atoms with Crippen molar-refractivity contribution in [3.63, 3.8) is 0 Å². The largest absolute Gasteiger partial charge is 0.369 e. The zero-order valence-corrected chi connectivity index (χ0v) is 11.6. The molecule has 1 amide bonds. The summed E-state index contributed by atoms with van der Waals surface area (Å²) in [5, 5.41) is 6.80. The number of nitrogens with zero attached hydrogens (tertiary/aromatic N) is 3. The summed E-state index contributed by atoms with van der Waals surface area (Å²) in [4.78, 5) is 25.2. The number of rotatable bonds is 5. The lowest BCUT2D eigenvalue weighted by atomic mass is 10.4. The van der Waals surface area contributed by atoms with Gasteiger partial charge in [-0.05, 0) is 13.8 Å². The summed E-state index contributed by atoms with van der Waals surface area (Å²) >= 11 is 1.56. The number of thiazole rings is 1. The molecule has 100 valence electrons. The van der Waals surface area contributed by atoms with Crippen LogP contribution >= 0.6 is 11.3 Å². The van der Waals surface area contributed by atoms with Crippen molar-refractivity contribution < 1.29 is 4.79 Å². The molecule has 0 atom stereocenters. The highest BCUT2D eigenvalue weighted by atomic mass is 32.1. The van der Waals surface area contributed by atoms with Crippen LogP contribution in [-0.2, 0) is 6.54 Å². The number of carbonyl (C=O) groups is 1. The van der Waals surface area contributed by atoms with Crippen LogP contribution in [0, 0.1) is 6.92 Å². The minimum atomic E-state index is -0.235. The molecule has 0 unspecified atom stereocenters. The van der Waals surface area contributed by atoms with Gasteiger partial charge in [-0.2, -0.15) is 0 Å². The van der Waals surface area contributed by atoms with Gasteiger partial charge >= 0.3 is 0 Å². The van der Waals surface area contributed by atoms with Gasteiger partial charge in [-0.1, -0.05) is 0 Å². The predicted molar refractivity (Wildman–Crippen MR) is 74.2 cm³/mol. The third kappa shape index (κ3) is 3.72. The van der Waals surface area contributed by atoms with Crippen molar-refractivity contribution in [1.82, 2.24) is 20.3 Å². The number of hydrogen-bond acceptors (Lipinski definition) is 6. The maximum absolute atomic E-state index is 11.8. The van der Waals surface area contributed by atoms with E-state index in [2.05, 4.69) is 25.6 Å². The molecule has 0 fully saturated rings. The number of carbonyl (C=O) groups excluding carboxylic acids is 1. The number of hydrogen-bond donors (Lipinski definition) is 2. The second kappa shape index (κ2) is 6.24. The van der Waals surface area contributed by atoms with Crippen molar-refractivity contribution in [1.29, 1.82) is 0 Å². The number of nitrogens with one attached hydrogen (secondary N) is 2. The third-order valence-corrected chi connectivity index (χ3v) is 3.25. The predicted octanol–water partition coefficient (Wildman–Crippen LogP) is 1.60. The monoisotopic (exact) mass is 277 g/mol. The van der Waals surface area contributed by atoms with Crippen LogP contribution in [0.15, 0.2) is 18.6 Å². The maximum Gasteiger partial charge on any atom is 0.271 e. The molecule has 2 aromatic heterocycles. The van der Waals surface area contributed by atoms with E-state index in [9.17, 15) is 4.79 Å². The van der Waals surface area contributed by atoms with Crippen LogP contribution in [0.4, 0.5) is 5.82 Å². The molecule has 2 aromatic rings. The molecule has 0 saturated carbocycles. The van der Waals surface area contributed by atoms with Gasteiger partial charge in [0.25, 0.3) is 5.91 Å². The molecule has 0 aliphatic heterocycles. The lowest BCUT2D eigenvalue weighted by molar-refractivity contribution is 0.0946. The second-order valence-electron chi connectivity index (χ2n) is 3.85. The van der Waals surface area contributed by atoms with Crippen LogP contribution in [0.2, 0.25) is 0 Å². The van der Waals surface area contributed by atoms with Crippen molar-refractivity contribution >= 4 is 23.1 Å². The van der Waals surface area contributed by atoms with Gasteiger partial charge in [0.2, 0.25) is 0 Å². The van der Waals surface area contributed by atoms with E-state index in [1.165, 1.54) is 6.20 Å². The first-order valence-electron chi connectivity index (χ1n) is 5.94. The summed E-state index contributed by atoms with van der Waals surface area (Å²) in [6.45, 7) is 5.13. The average Bonchev–Trinajstić information content (AvgIpc) is 2.83. The van der Waals surface area contributed by atoms with Gasteiger partial charge in [-0.3, -0.25) is 4.79 Å². The summed E-state index contributed by atoms with van der Waals surface area (Å²) in [6, 6.07) is 0. The topological polar surface area (TPSA) is 79.8 Å². The Bertz CT molecular complexity index is 552. The molecule has 0 aliphatic rings. The van der Waals surface area contributed by atoms with E-state index < -0.39 is 0 Å². The minimum Gasteiger partial charge on any atom is -0.369 e. The number of aryl methyl sites for hydroxylation is 1. The standard InChI is InChI=1S/C12H15N5OS/c1-3-13-11-7-15-10(6-16-11)12(18)17-5-9-4-14-8(2)19-9/h4,6-7H,3,5H2,1-2H3,(H,13,16)(H,17,18). The van der Waals surface area contributed by atoms with Crippen molar-refractivity contribution in [2.75, 3.05) is 11.9 Å². The van der Waals surface area contributed by atoms with Crippen LogP contribution in [0.1, 0.15) is 27.3 Å². The first kappa shape index (κ1) is 13.4. The van der Waals surface area contributed by atoms with Gasteiger partial charge in [-0.25, -0.2) is 15.0 Å². The second-order valence-corrected chi connectivity index (χ2v) is 5.16. The van der Waals surface area contributed by atoms with Crippen molar-refractivity contribution in [2.24, 2.45) is 0 Å². The molecule has 2 N–H and O–H groups in total. The van der Waals surface area contributed by atoms with Crippen LogP contribution in [0.3, 0.4) is 0 Å². The molecular formula is C12H15N5OS. The normalized spacial score (nSPS) is 10.2. The highest BCUT2D eigenvalue weighted by molar-refractivity contribution is 7.11. The maximum atomic E-state index is 11.8. The average molecular weight is 277 g/mol. The van der Waals surface area contributed by atoms with E-state index >= 15 is 0 Å². The summed E-state index contributed by atoms with van der Waals surface area (Å²) < 4.78 is 0. The molecule has 2 rings (SSSR count). The number of aromatic nitrogens is 3. The van der Waals surface area contributed by atoms with Crippen molar-refractivity contribution in [3.8, 4) is 0 Å². The first-order chi connectivity index (χ1) is 9.19. The van der Waals surface area contributed by atoms with Crippen LogP contribution in [-0.4, -0.2) is 27.4 Å². The summed E-state index contributed by atoms with van der Waals surface area (Å²) in [6.07, 6.45) is 4.78. The lowest BCUT2D eigenvalue weighted by Gasteiger charge is -2.04. The summed E-state index contributed by atoms with van der Waals surface area (Å²) in [5.41, 5.74) is 0.308. The van der Waals surface area contributed by atoms with Gasteiger partial charge in [0, 0.05) is 17.6 Å². The molecule has 0 saturated heterocycles.